The quantitative estimate of drug-likeness (QED) is 0.735. The Morgan fingerprint density at radius 1 is 1.42 bits per heavy atom. The number of amides is 1. The summed E-state index contributed by atoms with van der Waals surface area (Å²) < 4.78 is 5.49. The molecule has 0 aromatic carbocycles. The van der Waals surface area contributed by atoms with Crippen molar-refractivity contribution < 1.29 is 9.53 Å². The van der Waals surface area contributed by atoms with Gasteiger partial charge in [-0.1, -0.05) is 6.08 Å². The zero-order chi connectivity index (χ0) is 17.1. The van der Waals surface area contributed by atoms with Crippen molar-refractivity contribution in [1.82, 2.24) is 4.90 Å². The van der Waals surface area contributed by atoms with Crippen LogP contribution in [0, 0.1) is 11.3 Å². The minimum Gasteiger partial charge on any atom is -0.494 e. The Balaban J connectivity index is 1.70. The van der Waals surface area contributed by atoms with Crippen LogP contribution < -0.4 is 5.73 Å². The van der Waals surface area contributed by atoms with E-state index in [0.29, 0.717) is 25.5 Å². The van der Waals surface area contributed by atoms with Gasteiger partial charge in [-0.05, 0) is 63.2 Å². The Morgan fingerprint density at radius 2 is 2.21 bits per heavy atom. The van der Waals surface area contributed by atoms with E-state index in [2.05, 4.69) is 4.90 Å². The van der Waals surface area contributed by atoms with E-state index >= 15 is 0 Å². The Bertz CT molecular complexity index is 602. The predicted octanol–water partition coefficient (Wildman–Crippen LogP) is 2.89. The summed E-state index contributed by atoms with van der Waals surface area (Å²) in [5.74, 6) is 0.982. The van der Waals surface area contributed by atoms with Gasteiger partial charge in [0.15, 0.2) is 0 Å². The maximum atomic E-state index is 13.1. The highest BCUT2D eigenvalue weighted by molar-refractivity contribution is 5.83. The van der Waals surface area contributed by atoms with Crippen LogP contribution in [-0.4, -0.2) is 35.7 Å². The fourth-order valence-corrected chi connectivity index (χ4v) is 3.62. The first-order valence-corrected chi connectivity index (χ1v) is 8.95. The second kappa shape index (κ2) is 7.24. The first kappa shape index (κ1) is 16.8. The average Bonchev–Trinajstić information content (AvgIpc) is 3.42. The van der Waals surface area contributed by atoms with Gasteiger partial charge in [0, 0.05) is 24.0 Å². The van der Waals surface area contributed by atoms with Gasteiger partial charge < -0.3 is 20.8 Å². The smallest absolute Gasteiger partial charge is 0.230 e. The average molecular weight is 329 g/mol. The molecule has 0 heterocycles. The van der Waals surface area contributed by atoms with E-state index < -0.39 is 0 Å². The SMILES string of the molecule is CCOC1=CCC(C(=O)N(C2CC2)C2CCC(N)=C(C=N)C2)C=C1. The molecule has 3 aliphatic rings. The molecule has 2 atom stereocenters. The lowest BCUT2D eigenvalue weighted by Gasteiger charge is -2.37. The summed E-state index contributed by atoms with van der Waals surface area (Å²) in [5, 5.41) is 7.55. The Kier molecular flexibility index (Phi) is 5.07. The number of carbonyl (C=O) groups is 1. The third-order valence-corrected chi connectivity index (χ3v) is 5.07. The van der Waals surface area contributed by atoms with E-state index in [1.165, 1.54) is 6.21 Å². The van der Waals surface area contributed by atoms with Gasteiger partial charge in [0.2, 0.25) is 5.91 Å². The Labute approximate surface area is 143 Å². The van der Waals surface area contributed by atoms with E-state index in [-0.39, 0.29) is 17.9 Å². The van der Waals surface area contributed by atoms with Gasteiger partial charge in [-0.25, -0.2) is 0 Å². The number of nitrogens with zero attached hydrogens (tertiary/aromatic N) is 1. The maximum absolute atomic E-state index is 13.1. The molecule has 24 heavy (non-hydrogen) atoms. The molecule has 3 N–H and O–H groups in total. The van der Waals surface area contributed by atoms with Crippen LogP contribution in [0.15, 0.2) is 35.3 Å². The van der Waals surface area contributed by atoms with Crippen LogP contribution in [0.25, 0.3) is 0 Å². The second-order valence-electron chi connectivity index (χ2n) is 6.81. The van der Waals surface area contributed by atoms with Crippen LogP contribution in [-0.2, 0) is 9.53 Å². The molecule has 0 aromatic rings. The van der Waals surface area contributed by atoms with Crippen LogP contribution in [0.1, 0.15) is 45.4 Å². The number of nitrogens with one attached hydrogen (secondary N) is 1. The molecule has 1 saturated carbocycles. The summed E-state index contributed by atoms with van der Waals surface area (Å²) in [7, 11) is 0. The van der Waals surface area contributed by atoms with Crippen molar-refractivity contribution in [3.05, 3.63) is 35.3 Å². The van der Waals surface area contributed by atoms with Crippen molar-refractivity contribution in [2.24, 2.45) is 11.7 Å². The van der Waals surface area contributed by atoms with Crippen molar-refractivity contribution >= 4 is 12.1 Å². The molecule has 0 radical (unpaired) electrons. The van der Waals surface area contributed by atoms with Crippen LogP contribution in [0.5, 0.6) is 0 Å². The van der Waals surface area contributed by atoms with Gasteiger partial charge in [0.25, 0.3) is 0 Å². The molecular weight excluding hydrogens is 302 g/mol. The van der Waals surface area contributed by atoms with Crippen molar-refractivity contribution in [1.29, 1.82) is 5.41 Å². The van der Waals surface area contributed by atoms with Gasteiger partial charge >= 0.3 is 0 Å². The molecule has 2 unspecified atom stereocenters. The van der Waals surface area contributed by atoms with E-state index in [9.17, 15) is 4.79 Å². The molecule has 5 heteroatoms. The minimum absolute atomic E-state index is 0.0958. The summed E-state index contributed by atoms with van der Waals surface area (Å²) in [6, 6.07) is 0.555. The minimum atomic E-state index is -0.0958. The standard InChI is InChI=1S/C19H27N3O2/c1-2-24-17-8-3-13(4-9-17)19(23)22(15-5-6-15)16-7-10-18(21)14(11-16)12-20/h3,8-9,12-13,15-16,20H,2,4-7,10-11,21H2,1H3. The number of nitrogens with two attached hydrogens (primary N) is 1. The highest BCUT2D eigenvalue weighted by atomic mass is 16.5. The maximum Gasteiger partial charge on any atom is 0.230 e. The monoisotopic (exact) mass is 329 g/mol. The predicted molar refractivity (Wildman–Crippen MR) is 94.5 cm³/mol. The molecule has 130 valence electrons. The molecule has 3 aliphatic carbocycles. The lowest BCUT2D eigenvalue weighted by Crippen LogP contribution is -2.46. The first-order chi connectivity index (χ1) is 11.6. The lowest BCUT2D eigenvalue weighted by molar-refractivity contribution is -0.137. The van der Waals surface area contributed by atoms with E-state index in [4.69, 9.17) is 15.9 Å². The highest BCUT2D eigenvalue weighted by Gasteiger charge is 2.40. The Hall–Kier alpha value is -2.04. The van der Waals surface area contributed by atoms with Gasteiger partial charge in [-0.3, -0.25) is 4.79 Å². The van der Waals surface area contributed by atoms with E-state index in [0.717, 1.165) is 42.7 Å². The van der Waals surface area contributed by atoms with Crippen molar-refractivity contribution in [3.63, 3.8) is 0 Å². The van der Waals surface area contributed by atoms with Gasteiger partial charge in [-0.15, -0.1) is 0 Å². The topological polar surface area (TPSA) is 79.4 Å². The fraction of sp³-hybridized carbons (Fsp3) is 0.579. The number of carbonyl (C=O) groups excluding carboxylic acids is 1. The summed E-state index contributed by atoms with van der Waals surface area (Å²) in [6.45, 7) is 2.61. The number of hydrogen-bond acceptors (Lipinski definition) is 4. The van der Waals surface area contributed by atoms with Crippen LogP contribution in [0.2, 0.25) is 0 Å². The molecule has 1 amide bonds. The normalized spacial score (nSPS) is 26.8. The summed E-state index contributed by atoms with van der Waals surface area (Å²) in [5.41, 5.74) is 7.70. The van der Waals surface area contributed by atoms with Gasteiger partial charge in [0.1, 0.15) is 5.76 Å². The first-order valence-electron chi connectivity index (χ1n) is 8.95. The zero-order valence-corrected chi connectivity index (χ0v) is 14.3. The van der Waals surface area contributed by atoms with Crippen LogP contribution in [0.4, 0.5) is 0 Å². The molecule has 0 aliphatic heterocycles. The second-order valence-corrected chi connectivity index (χ2v) is 6.81. The lowest BCUT2D eigenvalue weighted by atomic mass is 9.89. The summed E-state index contributed by atoms with van der Waals surface area (Å²) in [6.07, 6.45) is 12.6. The number of allylic oxidation sites excluding steroid dienone is 3. The van der Waals surface area contributed by atoms with E-state index in [1.807, 2.05) is 25.2 Å². The molecular formula is C19H27N3O2. The molecule has 0 saturated heterocycles. The number of ether oxygens (including phenoxy) is 1. The Morgan fingerprint density at radius 3 is 2.79 bits per heavy atom. The van der Waals surface area contributed by atoms with E-state index in [1.54, 1.807) is 0 Å². The summed E-state index contributed by atoms with van der Waals surface area (Å²) >= 11 is 0. The van der Waals surface area contributed by atoms with Crippen LogP contribution in [0.3, 0.4) is 0 Å². The fourth-order valence-electron chi connectivity index (χ4n) is 3.62. The molecule has 5 nitrogen and oxygen atoms in total. The zero-order valence-electron chi connectivity index (χ0n) is 14.3. The van der Waals surface area contributed by atoms with Crippen molar-refractivity contribution in [2.75, 3.05) is 6.61 Å². The van der Waals surface area contributed by atoms with Crippen molar-refractivity contribution in [2.45, 2.75) is 57.5 Å². The highest BCUT2D eigenvalue weighted by Crippen LogP contribution is 2.36. The molecule has 0 spiro atoms. The molecule has 1 fully saturated rings. The number of rotatable bonds is 6. The van der Waals surface area contributed by atoms with Gasteiger partial charge in [0.05, 0.1) is 12.5 Å². The molecule has 0 bridgehead atoms. The summed E-state index contributed by atoms with van der Waals surface area (Å²) in [4.78, 5) is 15.2. The third-order valence-electron chi connectivity index (χ3n) is 5.07. The third kappa shape index (κ3) is 3.55. The van der Waals surface area contributed by atoms with Crippen LogP contribution >= 0.6 is 0 Å². The van der Waals surface area contributed by atoms with Gasteiger partial charge in [-0.2, -0.15) is 0 Å². The largest absolute Gasteiger partial charge is 0.494 e. The molecule has 3 rings (SSSR count). The molecule has 0 aromatic heterocycles. The number of hydrogen-bond donors (Lipinski definition) is 2. The van der Waals surface area contributed by atoms with Crippen molar-refractivity contribution in [3.8, 4) is 0 Å².